The molecular weight excluding hydrogens is 445 g/mol. The average Bonchev–Trinajstić information content (AvgIpc) is 2.76. The molecule has 0 saturated heterocycles. The topological polar surface area (TPSA) is 104 Å². The van der Waals surface area contributed by atoms with Gasteiger partial charge in [0.1, 0.15) is 5.82 Å². The number of aryl methyl sites for hydroxylation is 1. The molecule has 9 heteroatoms. The smallest absolute Gasteiger partial charge is 0.261 e. The lowest BCUT2D eigenvalue weighted by atomic mass is 10.1. The Balaban J connectivity index is 1.76. The number of anilines is 3. The lowest BCUT2D eigenvalue weighted by Crippen LogP contribution is -2.18. The van der Waals surface area contributed by atoms with Crippen LogP contribution in [0.5, 0.6) is 0 Å². The number of halogens is 1. The van der Waals surface area contributed by atoms with Crippen molar-refractivity contribution < 1.29 is 22.4 Å². The fraction of sp³-hybridized carbons (Fsp3) is 0.167. The van der Waals surface area contributed by atoms with Gasteiger partial charge in [-0.1, -0.05) is 19.9 Å². The van der Waals surface area contributed by atoms with Gasteiger partial charge in [-0.2, -0.15) is 0 Å². The molecule has 0 aliphatic heterocycles. The van der Waals surface area contributed by atoms with Crippen LogP contribution in [0.1, 0.15) is 29.8 Å². The van der Waals surface area contributed by atoms with Crippen LogP contribution in [0.4, 0.5) is 21.5 Å². The van der Waals surface area contributed by atoms with Gasteiger partial charge in [-0.15, -0.1) is 0 Å². The molecule has 0 heterocycles. The lowest BCUT2D eigenvalue weighted by Gasteiger charge is -2.12. The van der Waals surface area contributed by atoms with Crippen LogP contribution in [0.25, 0.3) is 0 Å². The largest absolute Gasteiger partial charge is 0.326 e. The van der Waals surface area contributed by atoms with Crippen LogP contribution in [-0.2, 0) is 14.8 Å². The monoisotopic (exact) mass is 469 g/mol. The third kappa shape index (κ3) is 6.17. The Morgan fingerprint density at radius 1 is 0.818 bits per heavy atom. The molecule has 0 radical (unpaired) electrons. The molecule has 33 heavy (non-hydrogen) atoms. The Hall–Kier alpha value is -3.72. The van der Waals surface area contributed by atoms with Crippen molar-refractivity contribution in [1.29, 1.82) is 0 Å². The van der Waals surface area contributed by atoms with Gasteiger partial charge in [0.15, 0.2) is 0 Å². The summed E-state index contributed by atoms with van der Waals surface area (Å²) in [5.41, 5.74) is 2.07. The molecule has 0 saturated carbocycles. The van der Waals surface area contributed by atoms with E-state index >= 15 is 0 Å². The third-order valence-electron chi connectivity index (χ3n) is 4.80. The minimum Gasteiger partial charge on any atom is -0.326 e. The van der Waals surface area contributed by atoms with Crippen LogP contribution >= 0.6 is 0 Å². The van der Waals surface area contributed by atoms with E-state index in [-0.39, 0.29) is 28.0 Å². The Bertz CT molecular complexity index is 1270. The summed E-state index contributed by atoms with van der Waals surface area (Å²) in [5.74, 6) is -1.24. The number of nitrogens with one attached hydrogen (secondary N) is 3. The Morgan fingerprint density at radius 3 is 1.94 bits per heavy atom. The molecule has 7 nitrogen and oxygen atoms in total. The maximum Gasteiger partial charge on any atom is 0.261 e. The van der Waals surface area contributed by atoms with Gasteiger partial charge >= 0.3 is 0 Å². The molecule has 3 rings (SSSR count). The summed E-state index contributed by atoms with van der Waals surface area (Å²) in [6, 6.07) is 15.7. The molecule has 0 atom stereocenters. The molecule has 0 unspecified atom stereocenters. The molecule has 0 bridgehead atoms. The van der Waals surface area contributed by atoms with Crippen molar-refractivity contribution in [2.24, 2.45) is 5.92 Å². The van der Waals surface area contributed by atoms with Gasteiger partial charge < -0.3 is 10.6 Å². The molecule has 2 amide bonds. The van der Waals surface area contributed by atoms with E-state index in [1.807, 2.05) is 0 Å². The summed E-state index contributed by atoms with van der Waals surface area (Å²) in [5, 5.41) is 5.49. The van der Waals surface area contributed by atoms with Crippen molar-refractivity contribution in [2.45, 2.75) is 25.7 Å². The highest BCUT2D eigenvalue weighted by Gasteiger charge is 2.19. The van der Waals surface area contributed by atoms with E-state index in [1.165, 1.54) is 24.3 Å². The SMILES string of the molecule is Cc1ccc(S(=O)(=O)Nc2ccc(F)cc2)cc1C(=O)Nc1ccc(NC(=O)C(C)C)cc1. The number of carbonyl (C=O) groups excluding carboxylic acids is 2. The molecule has 3 aromatic carbocycles. The molecule has 0 fully saturated rings. The van der Waals surface area contributed by atoms with Gasteiger partial charge in [-0.05, 0) is 73.2 Å². The van der Waals surface area contributed by atoms with Gasteiger partial charge in [0.05, 0.1) is 4.90 Å². The predicted octanol–water partition coefficient (Wildman–Crippen LogP) is 4.78. The summed E-state index contributed by atoms with van der Waals surface area (Å²) in [7, 11) is -3.99. The number of rotatable bonds is 7. The van der Waals surface area contributed by atoms with Crippen LogP contribution in [0.3, 0.4) is 0 Å². The highest BCUT2D eigenvalue weighted by atomic mass is 32.2. The normalized spacial score (nSPS) is 11.2. The van der Waals surface area contributed by atoms with Gasteiger partial charge in [0, 0.05) is 28.5 Å². The van der Waals surface area contributed by atoms with Crippen molar-refractivity contribution in [3.8, 4) is 0 Å². The first-order chi connectivity index (χ1) is 15.5. The zero-order valence-electron chi connectivity index (χ0n) is 18.3. The van der Waals surface area contributed by atoms with Gasteiger partial charge in [-0.3, -0.25) is 14.3 Å². The summed E-state index contributed by atoms with van der Waals surface area (Å²) >= 11 is 0. The van der Waals surface area contributed by atoms with Crippen molar-refractivity contribution >= 4 is 38.9 Å². The second-order valence-corrected chi connectivity index (χ2v) is 9.45. The highest BCUT2D eigenvalue weighted by Crippen LogP contribution is 2.21. The van der Waals surface area contributed by atoms with E-state index in [2.05, 4.69) is 15.4 Å². The number of benzene rings is 3. The predicted molar refractivity (Wildman–Crippen MR) is 126 cm³/mol. The first kappa shape index (κ1) is 23.9. The number of hydrogen-bond donors (Lipinski definition) is 3. The lowest BCUT2D eigenvalue weighted by molar-refractivity contribution is -0.118. The van der Waals surface area contributed by atoms with Crippen molar-refractivity contribution in [1.82, 2.24) is 0 Å². The molecule has 0 aromatic heterocycles. The van der Waals surface area contributed by atoms with Gasteiger partial charge in [-0.25, -0.2) is 12.8 Å². The molecule has 3 N–H and O–H groups in total. The van der Waals surface area contributed by atoms with Crippen LogP contribution < -0.4 is 15.4 Å². The van der Waals surface area contributed by atoms with E-state index in [9.17, 15) is 22.4 Å². The number of hydrogen-bond acceptors (Lipinski definition) is 4. The van der Waals surface area contributed by atoms with Crippen LogP contribution in [0.15, 0.2) is 71.6 Å². The van der Waals surface area contributed by atoms with E-state index in [0.717, 1.165) is 12.1 Å². The quantitative estimate of drug-likeness (QED) is 0.463. The van der Waals surface area contributed by atoms with Crippen LogP contribution in [0.2, 0.25) is 0 Å². The Kier molecular flexibility index (Phi) is 7.13. The highest BCUT2D eigenvalue weighted by molar-refractivity contribution is 7.92. The van der Waals surface area contributed by atoms with E-state index in [4.69, 9.17) is 0 Å². The number of carbonyl (C=O) groups is 2. The molecule has 0 aliphatic rings. The maximum absolute atomic E-state index is 13.1. The summed E-state index contributed by atoms with van der Waals surface area (Å²) < 4.78 is 40.9. The summed E-state index contributed by atoms with van der Waals surface area (Å²) in [6.45, 7) is 5.27. The standard InChI is InChI=1S/C24H24FN3O4S/c1-15(2)23(29)26-18-9-11-19(12-10-18)27-24(30)22-14-21(13-4-16(22)3)33(31,32)28-20-7-5-17(25)6-8-20/h4-15,28H,1-3H3,(H,26,29)(H,27,30). The minimum atomic E-state index is -3.99. The number of sulfonamides is 1. The van der Waals surface area contributed by atoms with Crippen LogP contribution in [0, 0.1) is 18.7 Å². The van der Waals surface area contributed by atoms with E-state index in [1.54, 1.807) is 51.1 Å². The second-order valence-electron chi connectivity index (χ2n) is 7.76. The zero-order valence-corrected chi connectivity index (χ0v) is 19.2. The average molecular weight is 470 g/mol. The third-order valence-corrected chi connectivity index (χ3v) is 6.17. The second kappa shape index (κ2) is 9.83. The van der Waals surface area contributed by atoms with Gasteiger partial charge in [0.25, 0.3) is 15.9 Å². The molecule has 0 aliphatic carbocycles. The molecule has 172 valence electrons. The Morgan fingerprint density at radius 2 is 1.36 bits per heavy atom. The Labute approximate surface area is 192 Å². The molecule has 0 spiro atoms. The first-order valence-electron chi connectivity index (χ1n) is 10.2. The van der Waals surface area contributed by atoms with Crippen molar-refractivity contribution in [2.75, 3.05) is 15.4 Å². The van der Waals surface area contributed by atoms with Crippen LogP contribution in [-0.4, -0.2) is 20.2 Å². The molecular formula is C24H24FN3O4S. The van der Waals surface area contributed by atoms with Gasteiger partial charge in [0.2, 0.25) is 5.91 Å². The van der Waals surface area contributed by atoms with Crippen molar-refractivity contribution in [3.05, 3.63) is 83.7 Å². The number of amides is 2. The fourth-order valence-electron chi connectivity index (χ4n) is 2.87. The summed E-state index contributed by atoms with van der Waals surface area (Å²) in [6.07, 6.45) is 0. The summed E-state index contributed by atoms with van der Waals surface area (Å²) in [4.78, 5) is 24.5. The van der Waals surface area contributed by atoms with Crippen molar-refractivity contribution in [3.63, 3.8) is 0 Å². The van der Waals surface area contributed by atoms with E-state index < -0.39 is 21.7 Å². The van der Waals surface area contributed by atoms with E-state index in [0.29, 0.717) is 16.9 Å². The fourth-order valence-corrected chi connectivity index (χ4v) is 3.95. The first-order valence-corrected chi connectivity index (χ1v) is 11.6. The zero-order chi connectivity index (χ0) is 24.2. The minimum absolute atomic E-state index is 0.102. The maximum atomic E-state index is 13.1. The molecule has 3 aromatic rings.